The third-order valence-electron chi connectivity index (χ3n) is 3.73. The van der Waals surface area contributed by atoms with Gasteiger partial charge in [0.15, 0.2) is 0 Å². The number of halogens is 1. The second kappa shape index (κ2) is 7.64. The molecule has 2 atom stereocenters. The Morgan fingerprint density at radius 2 is 1.90 bits per heavy atom. The van der Waals surface area contributed by atoms with Crippen molar-refractivity contribution in [2.45, 2.75) is 25.4 Å². The molecule has 1 N–H and O–H groups in total. The van der Waals surface area contributed by atoms with Crippen molar-refractivity contribution in [3.05, 3.63) is 59.0 Å². The molecule has 0 saturated heterocycles. The summed E-state index contributed by atoms with van der Waals surface area (Å²) in [4.78, 5) is 2.17. The molecule has 2 rings (SSSR count). The van der Waals surface area contributed by atoms with Crippen molar-refractivity contribution in [2.24, 2.45) is 0 Å². The quantitative estimate of drug-likeness (QED) is 0.828. The summed E-state index contributed by atoms with van der Waals surface area (Å²) >= 11 is 5.96. The summed E-state index contributed by atoms with van der Waals surface area (Å²) in [6.07, 6.45) is 2.75. The van der Waals surface area contributed by atoms with Gasteiger partial charge in [-0.1, -0.05) is 30.7 Å². The monoisotopic (exact) mass is 306 g/mol. The standard InChI is InChI=1S/C17H23ClN2O/c1-4-15(13-7-9-14(18)10-8-13)19-12-16(20(2)3)17-6-5-11-21-17/h5-11,15-16,19H,4,12H2,1-3H3. The van der Waals surface area contributed by atoms with Crippen LogP contribution < -0.4 is 5.32 Å². The summed E-state index contributed by atoms with van der Waals surface area (Å²) in [5.74, 6) is 0.985. The fourth-order valence-electron chi connectivity index (χ4n) is 2.47. The Morgan fingerprint density at radius 1 is 1.19 bits per heavy atom. The van der Waals surface area contributed by atoms with Gasteiger partial charge in [0.05, 0.1) is 12.3 Å². The lowest BCUT2D eigenvalue weighted by Gasteiger charge is -2.26. The van der Waals surface area contributed by atoms with Crippen molar-refractivity contribution in [3.63, 3.8) is 0 Å². The van der Waals surface area contributed by atoms with E-state index in [1.807, 2.05) is 24.3 Å². The van der Waals surface area contributed by atoms with Crippen molar-refractivity contribution in [1.82, 2.24) is 10.2 Å². The van der Waals surface area contributed by atoms with Crippen LogP contribution in [0.15, 0.2) is 47.1 Å². The van der Waals surface area contributed by atoms with Crippen LogP contribution in [-0.4, -0.2) is 25.5 Å². The van der Waals surface area contributed by atoms with Crippen LogP contribution in [0.2, 0.25) is 5.02 Å². The molecule has 1 aromatic carbocycles. The Labute approximate surface area is 131 Å². The number of furan rings is 1. The molecule has 0 saturated carbocycles. The Bertz CT molecular complexity index is 522. The molecule has 0 aliphatic carbocycles. The molecule has 0 aliphatic rings. The van der Waals surface area contributed by atoms with Gasteiger partial charge in [-0.25, -0.2) is 0 Å². The van der Waals surface area contributed by atoms with Gasteiger partial charge in [-0.3, -0.25) is 4.90 Å². The first-order chi connectivity index (χ1) is 10.1. The summed E-state index contributed by atoms with van der Waals surface area (Å²) in [5, 5.41) is 4.40. The smallest absolute Gasteiger partial charge is 0.122 e. The Kier molecular flexibility index (Phi) is 5.85. The van der Waals surface area contributed by atoms with Crippen LogP contribution in [0.25, 0.3) is 0 Å². The molecule has 1 heterocycles. The Balaban J connectivity index is 2.03. The molecule has 0 amide bonds. The zero-order chi connectivity index (χ0) is 15.2. The summed E-state index contributed by atoms with van der Waals surface area (Å²) in [5.41, 5.74) is 1.26. The zero-order valence-corrected chi connectivity index (χ0v) is 13.6. The minimum Gasteiger partial charge on any atom is -0.468 e. The summed E-state index contributed by atoms with van der Waals surface area (Å²) in [7, 11) is 4.14. The van der Waals surface area contributed by atoms with Crippen molar-refractivity contribution < 1.29 is 4.42 Å². The average Bonchev–Trinajstić information content (AvgIpc) is 2.98. The van der Waals surface area contributed by atoms with E-state index >= 15 is 0 Å². The van der Waals surface area contributed by atoms with Crippen LogP contribution in [0.3, 0.4) is 0 Å². The summed E-state index contributed by atoms with van der Waals surface area (Å²) in [6, 6.07) is 12.6. The van der Waals surface area contributed by atoms with E-state index in [-0.39, 0.29) is 6.04 Å². The molecule has 0 radical (unpaired) electrons. The number of likely N-dealkylation sites (N-methyl/N-ethyl adjacent to an activating group) is 1. The van der Waals surface area contributed by atoms with E-state index in [2.05, 4.69) is 43.4 Å². The Hall–Kier alpha value is -1.29. The zero-order valence-electron chi connectivity index (χ0n) is 12.8. The fourth-order valence-corrected chi connectivity index (χ4v) is 2.59. The predicted molar refractivity (Wildman–Crippen MR) is 87.6 cm³/mol. The highest BCUT2D eigenvalue weighted by molar-refractivity contribution is 6.30. The number of rotatable bonds is 7. The van der Waals surface area contributed by atoms with E-state index in [0.717, 1.165) is 23.7 Å². The van der Waals surface area contributed by atoms with Gasteiger partial charge in [-0.15, -0.1) is 0 Å². The minimum atomic E-state index is 0.223. The van der Waals surface area contributed by atoms with Gasteiger partial charge in [0.1, 0.15) is 5.76 Å². The van der Waals surface area contributed by atoms with E-state index in [9.17, 15) is 0 Å². The fraction of sp³-hybridized carbons (Fsp3) is 0.412. The highest BCUT2D eigenvalue weighted by atomic mass is 35.5. The second-order valence-electron chi connectivity index (χ2n) is 5.42. The molecule has 4 heteroatoms. The molecule has 21 heavy (non-hydrogen) atoms. The lowest BCUT2D eigenvalue weighted by Crippen LogP contribution is -2.33. The summed E-state index contributed by atoms with van der Waals surface area (Å²) < 4.78 is 5.55. The third-order valence-corrected chi connectivity index (χ3v) is 3.99. The van der Waals surface area contributed by atoms with Crippen LogP contribution in [0, 0.1) is 0 Å². The van der Waals surface area contributed by atoms with Gasteiger partial charge in [-0.05, 0) is 50.3 Å². The van der Waals surface area contributed by atoms with Gasteiger partial charge < -0.3 is 9.73 Å². The lowest BCUT2D eigenvalue weighted by molar-refractivity contribution is 0.243. The molecule has 114 valence electrons. The number of nitrogens with one attached hydrogen (secondary N) is 1. The average molecular weight is 307 g/mol. The maximum atomic E-state index is 5.96. The van der Waals surface area contributed by atoms with E-state index in [4.69, 9.17) is 16.0 Å². The molecule has 2 aromatic rings. The van der Waals surface area contributed by atoms with Gasteiger partial charge in [0.2, 0.25) is 0 Å². The Morgan fingerprint density at radius 3 is 2.43 bits per heavy atom. The van der Waals surface area contributed by atoms with E-state index < -0.39 is 0 Å². The van der Waals surface area contributed by atoms with Crippen molar-refractivity contribution in [2.75, 3.05) is 20.6 Å². The molecular weight excluding hydrogens is 284 g/mol. The van der Waals surface area contributed by atoms with E-state index in [1.54, 1.807) is 6.26 Å². The van der Waals surface area contributed by atoms with Crippen LogP contribution in [-0.2, 0) is 0 Å². The van der Waals surface area contributed by atoms with Crippen LogP contribution >= 0.6 is 11.6 Å². The molecular formula is C17H23ClN2O. The lowest BCUT2D eigenvalue weighted by atomic mass is 10.0. The maximum Gasteiger partial charge on any atom is 0.122 e. The molecule has 0 bridgehead atoms. The SMILES string of the molecule is CCC(NCC(c1ccco1)N(C)C)c1ccc(Cl)cc1. The molecule has 0 aliphatic heterocycles. The molecule has 0 spiro atoms. The number of hydrogen-bond acceptors (Lipinski definition) is 3. The van der Waals surface area contributed by atoms with Gasteiger partial charge in [0.25, 0.3) is 0 Å². The largest absolute Gasteiger partial charge is 0.468 e. The van der Waals surface area contributed by atoms with Crippen molar-refractivity contribution in [3.8, 4) is 0 Å². The van der Waals surface area contributed by atoms with Gasteiger partial charge in [-0.2, -0.15) is 0 Å². The maximum absolute atomic E-state index is 5.96. The van der Waals surface area contributed by atoms with Gasteiger partial charge >= 0.3 is 0 Å². The van der Waals surface area contributed by atoms with Crippen LogP contribution in [0.1, 0.15) is 36.8 Å². The van der Waals surface area contributed by atoms with Crippen molar-refractivity contribution in [1.29, 1.82) is 0 Å². The predicted octanol–water partition coefficient (Wildman–Crippen LogP) is 4.28. The number of hydrogen-bond donors (Lipinski definition) is 1. The topological polar surface area (TPSA) is 28.4 Å². The van der Waals surface area contributed by atoms with E-state index in [0.29, 0.717) is 6.04 Å². The minimum absolute atomic E-state index is 0.223. The van der Waals surface area contributed by atoms with Crippen LogP contribution in [0.5, 0.6) is 0 Å². The normalized spacial score (nSPS) is 14.3. The van der Waals surface area contributed by atoms with Gasteiger partial charge in [0, 0.05) is 17.6 Å². The van der Waals surface area contributed by atoms with Crippen molar-refractivity contribution >= 4 is 11.6 Å². The second-order valence-corrected chi connectivity index (χ2v) is 5.85. The first-order valence-corrected chi connectivity index (χ1v) is 7.68. The first-order valence-electron chi connectivity index (χ1n) is 7.30. The molecule has 0 fully saturated rings. The molecule has 2 unspecified atom stereocenters. The highest BCUT2D eigenvalue weighted by Crippen LogP contribution is 2.22. The van der Waals surface area contributed by atoms with E-state index in [1.165, 1.54) is 5.56 Å². The highest BCUT2D eigenvalue weighted by Gasteiger charge is 2.18. The first kappa shape index (κ1) is 16.1. The molecule has 1 aromatic heterocycles. The van der Waals surface area contributed by atoms with Crippen LogP contribution in [0.4, 0.5) is 0 Å². The number of nitrogens with zero attached hydrogens (tertiary/aromatic N) is 1. The summed E-state index contributed by atoms with van der Waals surface area (Å²) in [6.45, 7) is 3.02. The molecule has 3 nitrogen and oxygen atoms in total. The third kappa shape index (κ3) is 4.34. The number of benzene rings is 1.